The van der Waals surface area contributed by atoms with Gasteiger partial charge < -0.3 is 15.4 Å². The second-order valence-corrected chi connectivity index (χ2v) is 6.87. The molecule has 0 unspecified atom stereocenters. The standard InChI is InChI=1S/C18H26ClN3O2.HI/c1-13(2)24-16(23)7-10-21-17(20-3)22-12-18(8-9-18)14-5-4-6-15(19)11-14;/h4-6,11,13H,7-10,12H2,1-3H3,(H2,20,21,22);1H. The molecule has 0 aliphatic heterocycles. The number of esters is 1. The molecular formula is C18H27ClIN3O2. The third kappa shape index (κ3) is 7.01. The summed E-state index contributed by atoms with van der Waals surface area (Å²) in [4.78, 5) is 15.7. The molecule has 0 saturated heterocycles. The molecule has 0 heterocycles. The minimum Gasteiger partial charge on any atom is -0.463 e. The summed E-state index contributed by atoms with van der Waals surface area (Å²) in [6.07, 6.45) is 2.51. The number of halogens is 2. The third-order valence-electron chi connectivity index (χ3n) is 4.10. The van der Waals surface area contributed by atoms with Crippen molar-refractivity contribution in [3.05, 3.63) is 34.9 Å². The maximum absolute atomic E-state index is 11.5. The van der Waals surface area contributed by atoms with Crippen LogP contribution in [0.2, 0.25) is 5.02 Å². The fourth-order valence-electron chi connectivity index (χ4n) is 2.62. The number of benzene rings is 1. The van der Waals surface area contributed by atoms with E-state index in [0.717, 1.165) is 24.4 Å². The van der Waals surface area contributed by atoms with Crippen molar-refractivity contribution in [3.8, 4) is 0 Å². The van der Waals surface area contributed by atoms with E-state index in [1.807, 2.05) is 32.0 Å². The minimum atomic E-state index is -0.203. The Hall–Kier alpha value is -1.02. The minimum absolute atomic E-state index is 0. The maximum Gasteiger partial charge on any atom is 0.307 e. The number of rotatable bonds is 7. The summed E-state index contributed by atoms with van der Waals surface area (Å²) in [6.45, 7) is 4.98. The number of nitrogens with one attached hydrogen (secondary N) is 2. The number of guanidine groups is 1. The number of carbonyl (C=O) groups excluding carboxylic acids is 1. The molecule has 2 N–H and O–H groups in total. The van der Waals surface area contributed by atoms with Crippen LogP contribution in [0.15, 0.2) is 29.3 Å². The number of aliphatic imine (C=N–C) groups is 1. The number of nitrogens with zero attached hydrogens (tertiary/aromatic N) is 1. The first-order valence-corrected chi connectivity index (χ1v) is 8.73. The van der Waals surface area contributed by atoms with Crippen LogP contribution in [-0.4, -0.2) is 38.2 Å². The molecule has 140 valence electrons. The second-order valence-electron chi connectivity index (χ2n) is 6.43. The van der Waals surface area contributed by atoms with Gasteiger partial charge in [-0.15, -0.1) is 24.0 Å². The van der Waals surface area contributed by atoms with E-state index in [2.05, 4.69) is 21.7 Å². The van der Waals surface area contributed by atoms with Crippen LogP contribution < -0.4 is 10.6 Å². The molecule has 1 aliphatic carbocycles. The van der Waals surface area contributed by atoms with Crippen molar-refractivity contribution in [2.45, 2.75) is 44.6 Å². The number of hydrogen-bond donors (Lipinski definition) is 2. The highest BCUT2D eigenvalue weighted by Gasteiger charge is 2.44. The molecule has 1 aliphatic rings. The molecular weight excluding hydrogens is 453 g/mol. The quantitative estimate of drug-likeness (QED) is 0.272. The van der Waals surface area contributed by atoms with Gasteiger partial charge in [-0.3, -0.25) is 9.79 Å². The molecule has 1 fully saturated rings. The number of hydrogen-bond acceptors (Lipinski definition) is 3. The zero-order valence-corrected chi connectivity index (χ0v) is 18.1. The van der Waals surface area contributed by atoms with E-state index in [-0.39, 0.29) is 41.5 Å². The Bertz CT molecular complexity index is 604. The molecule has 0 bridgehead atoms. The van der Waals surface area contributed by atoms with Crippen molar-refractivity contribution in [1.29, 1.82) is 0 Å². The lowest BCUT2D eigenvalue weighted by molar-refractivity contribution is -0.147. The average molecular weight is 480 g/mol. The van der Waals surface area contributed by atoms with Crippen LogP contribution in [0, 0.1) is 0 Å². The molecule has 25 heavy (non-hydrogen) atoms. The van der Waals surface area contributed by atoms with Crippen molar-refractivity contribution in [2.24, 2.45) is 4.99 Å². The zero-order chi connectivity index (χ0) is 17.6. The molecule has 7 heteroatoms. The molecule has 2 rings (SSSR count). The Balaban J connectivity index is 0.00000312. The third-order valence-corrected chi connectivity index (χ3v) is 4.33. The van der Waals surface area contributed by atoms with E-state index in [0.29, 0.717) is 18.9 Å². The van der Waals surface area contributed by atoms with E-state index in [1.54, 1.807) is 7.05 Å². The molecule has 5 nitrogen and oxygen atoms in total. The lowest BCUT2D eigenvalue weighted by atomic mass is 9.96. The van der Waals surface area contributed by atoms with Crippen molar-refractivity contribution in [3.63, 3.8) is 0 Å². The summed E-state index contributed by atoms with van der Waals surface area (Å²) in [5.41, 5.74) is 1.40. The van der Waals surface area contributed by atoms with Gasteiger partial charge in [-0.1, -0.05) is 23.7 Å². The van der Waals surface area contributed by atoms with Gasteiger partial charge in [0.05, 0.1) is 12.5 Å². The molecule has 1 aromatic carbocycles. The Morgan fingerprint density at radius 3 is 2.64 bits per heavy atom. The van der Waals surface area contributed by atoms with Gasteiger partial charge in [0, 0.05) is 30.6 Å². The smallest absolute Gasteiger partial charge is 0.307 e. The Kier molecular flexibility index (Phi) is 8.99. The second kappa shape index (κ2) is 10.2. The van der Waals surface area contributed by atoms with Gasteiger partial charge in [0.25, 0.3) is 0 Å². The Morgan fingerprint density at radius 1 is 1.36 bits per heavy atom. The predicted octanol–water partition coefficient (Wildman–Crippen LogP) is 3.50. The summed E-state index contributed by atoms with van der Waals surface area (Å²) in [6, 6.07) is 8.05. The van der Waals surface area contributed by atoms with Gasteiger partial charge in [-0.05, 0) is 44.4 Å². The predicted molar refractivity (Wildman–Crippen MR) is 113 cm³/mol. The molecule has 0 atom stereocenters. The van der Waals surface area contributed by atoms with Crippen LogP contribution in [0.1, 0.15) is 38.7 Å². The van der Waals surface area contributed by atoms with E-state index < -0.39 is 0 Å². The van der Waals surface area contributed by atoms with Crippen LogP contribution in [0.4, 0.5) is 0 Å². The van der Waals surface area contributed by atoms with Gasteiger partial charge in [0.15, 0.2) is 5.96 Å². The van der Waals surface area contributed by atoms with E-state index in [1.165, 1.54) is 5.56 Å². The molecule has 0 aromatic heterocycles. The van der Waals surface area contributed by atoms with Crippen molar-refractivity contribution < 1.29 is 9.53 Å². The first kappa shape index (κ1) is 22.0. The average Bonchev–Trinajstić information content (AvgIpc) is 3.31. The summed E-state index contributed by atoms with van der Waals surface area (Å²) < 4.78 is 5.11. The van der Waals surface area contributed by atoms with Gasteiger partial charge in [0.1, 0.15) is 0 Å². The number of carbonyl (C=O) groups is 1. The highest BCUT2D eigenvalue weighted by atomic mass is 127. The molecule has 0 amide bonds. The highest BCUT2D eigenvalue weighted by molar-refractivity contribution is 14.0. The Labute approximate surface area is 172 Å². The van der Waals surface area contributed by atoms with E-state index >= 15 is 0 Å². The maximum atomic E-state index is 11.5. The van der Waals surface area contributed by atoms with Crippen LogP contribution in [0.5, 0.6) is 0 Å². The van der Waals surface area contributed by atoms with Gasteiger partial charge in [0.2, 0.25) is 0 Å². The fraction of sp³-hybridized carbons (Fsp3) is 0.556. The van der Waals surface area contributed by atoms with Crippen LogP contribution in [-0.2, 0) is 14.9 Å². The lowest BCUT2D eigenvalue weighted by Crippen LogP contribution is -2.42. The fourth-order valence-corrected chi connectivity index (χ4v) is 2.81. The molecule has 0 radical (unpaired) electrons. The summed E-state index contributed by atoms with van der Waals surface area (Å²) in [7, 11) is 1.72. The SMILES string of the molecule is CN=C(NCCC(=O)OC(C)C)NCC1(c2cccc(Cl)c2)CC1.I. The lowest BCUT2D eigenvalue weighted by Gasteiger charge is -2.19. The van der Waals surface area contributed by atoms with Crippen molar-refractivity contribution >= 4 is 47.5 Å². The summed E-state index contributed by atoms with van der Waals surface area (Å²) >= 11 is 6.10. The van der Waals surface area contributed by atoms with E-state index in [4.69, 9.17) is 16.3 Å². The first-order chi connectivity index (χ1) is 11.4. The molecule has 1 saturated carbocycles. The van der Waals surface area contributed by atoms with Crippen molar-refractivity contribution in [2.75, 3.05) is 20.1 Å². The molecule has 0 spiro atoms. The van der Waals surface area contributed by atoms with Gasteiger partial charge in [-0.25, -0.2) is 0 Å². The van der Waals surface area contributed by atoms with Crippen molar-refractivity contribution in [1.82, 2.24) is 10.6 Å². The first-order valence-electron chi connectivity index (χ1n) is 8.35. The normalized spacial score (nSPS) is 15.3. The van der Waals surface area contributed by atoms with Gasteiger partial charge in [-0.2, -0.15) is 0 Å². The zero-order valence-electron chi connectivity index (χ0n) is 15.0. The Morgan fingerprint density at radius 2 is 2.08 bits per heavy atom. The number of ether oxygens (including phenoxy) is 1. The van der Waals surface area contributed by atoms with Crippen LogP contribution in [0.3, 0.4) is 0 Å². The molecule has 1 aromatic rings. The largest absolute Gasteiger partial charge is 0.463 e. The topological polar surface area (TPSA) is 62.7 Å². The highest BCUT2D eigenvalue weighted by Crippen LogP contribution is 2.48. The van der Waals surface area contributed by atoms with Crippen LogP contribution >= 0.6 is 35.6 Å². The summed E-state index contributed by atoms with van der Waals surface area (Å²) in [5, 5.41) is 7.27. The van der Waals surface area contributed by atoms with E-state index in [9.17, 15) is 4.79 Å². The van der Waals surface area contributed by atoms with Gasteiger partial charge >= 0.3 is 5.97 Å². The monoisotopic (exact) mass is 479 g/mol. The summed E-state index contributed by atoms with van der Waals surface area (Å²) in [5.74, 6) is 0.492. The van der Waals surface area contributed by atoms with Crippen LogP contribution in [0.25, 0.3) is 0 Å².